The Morgan fingerprint density at radius 1 is 1.00 bits per heavy atom. The van der Waals surface area contributed by atoms with Crippen LogP contribution in [0.1, 0.15) is 64.2 Å². The largest absolute Gasteiger partial charge is 0.396 e. The van der Waals surface area contributed by atoms with Gasteiger partial charge in [0.2, 0.25) is 5.91 Å². The van der Waals surface area contributed by atoms with Crippen LogP contribution in [0.25, 0.3) is 0 Å². The molecule has 1 N–H and O–H groups in total. The first-order chi connectivity index (χ1) is 9.29. The van der Waals surface area contributed by atoms with E-state index in [2.05, 4.69) is 0 Å². The molecule has 1 heterocycles. The zero-order chi connectivity index (χ0) is 13.5. The average molecular weight is 267 g/mol. The summed E-state index contributed by atoms with van der Waals surface area (Å²) in [5.74, 6) is 1.65. The summed E-state index contributed by atoms with van der Waals surface area (Å²) in [6.07, 6.45) is 12.0. The van der Waals surface area contributed by atoms with Gasteiger partial charge in [0.15, 0.2) is 0 Å². The van der Waals surface area contributed by atoms with Gasteiger partial charge in [-0.3, -0.25) is 4.79 Å². The minimum absolute atomic E-state index is 0.281. The quantitative estimate of drug-likeness (QED) is 0.832. The molecule has 3 nitrogen and oxygen atoms in total. The summed E-state index contributed by atoms with van der Waals surface area (Å²) < 4.78 is 0. The molecule has 1 amide bonds. The summed E-state index contributed by atoms with van der Waals surface area (Å²) in [5, 5.41) is 9.10. The van der Waals surface area contributed by atoms with Crippen molar-refractivity contribution in [1.82, 2.24) is 4.90 Å². The SMILES string of the molecule is O=C(CCCC1CCCCC1)N1CCC(CO)CC1. The highest BCUT2D eigenvalue weighted by atomic mass is 16.3. The minimum Gasteiger partial charge on any atom is -0.396 e. The topological polar surface area (TPSA) is 40.5 Å². The first-order valence-electron chi connectivity index (χ1n) is 8.18. The smallest absolute Gasteiger partial charge is 0.222 e. The first-order valence-corrected chi connectivity index (χ1v) is 8.18. The number of carbonyl (C=O) groups is 1. The van der Waals surface area contributed by atoms with Crippen LogP contribution in [0.4, 0.5) is 0 Å². The molecule has 0 aromatic heterocycles. The van der Waals surface area contributed by atoms with Crippen molar-refractivity contribution in [2.45, 2.75) is 64.2 Å². The van der Waals surface area contributed by atoms with E-state index in [1.54, 1.807) is 0 Å². The average Bonchev–Trinajstić information content (AvgIpc) is 2.48. The molecule has 2 rings (SSSR count). The van der Waals surface area contributed by atoms with E-state index >= 15 is 0 Å². The van der Waals surface area contributed by atoms with Crippen LogP contribution in [0.15, 0.2) is 0 Å². The first kappa shape index (κ1) is 14.8. The summed E-state index contributed by atoms with van der Waals surface area (Å²) in [6, 6.07) is 0. The van der Waals surface area contributed by atoms with E-state index in [4.69, 9.17) is 5.11 Å². The second kappa shape index (κ2) is 7.88. The van der Waals surface area contributed by atoms with E-state index in [0.717, 1.165) is 44.7 Å². The maximum Gasteiger partial charge on any atom is 0.222 e. The summed E-state index contributed by atoms with van der Waals surface area (Å²) in [7, 11) is 0. The number of rotatable bonds is 5. The van der Waals surface area contributed by atoms with Crippen molar-refractivity contribution in [2.24, 2.45) is 11.8 Å². The van der Waals surface area contributed by atoms with Gasteiger partial charge in [0.25, 0.3) is 0 Å². The molecule has 0 unspecified atom stereocenters. The van der Waals surface area contributed by atoms with Gasteiger partial charge in [-0.15, -0.1) is 0 Å². The van der Waals surface area contributed by atoms with Crippen LogP contribution in [-0.2, 0) is 4.79 Å². The fourth-order valence-corrected chi connectivity index (χ4v) is 3.54. The van der Waals surface area contributed by atoms with Crippen LogP contribution in [0, 0.1) is 11.8 Å². The van der Waals surface area contributed by atoms with Crippen LogP contribution >= 0.6 is 0 Å². The Morgan fingerprint density at radius 3 is 2.32 bits per heavy atom. The van der Waals surface area contributed by atoms with Gasteiger partial charge in [-0.25, -0.2) is 0 Å². The Bertz CT molecular complexity index is 266. The fourth-order valence-electron chi connectivity index (χ4n) is 3.54. The van der Waals surface area contributed by atoms with E-state index in [9.17, 15) is 4.79 Å². The summed E-state index contributed by atoms with van der Waals surface area (Å²) >= 11 is 0. The molecular weight excluding hydrogens is 238 g/mol. The van der Waals surface area contributed by atoms with E-state index in [0.29, 0.717) is 11.8 Å². The zero-order valence-electron chi connectivity index (χ0n) is 12.1. The van der Waals surface area contributed by atoms with Gasteiger partial charge in [0.1, 0.15) is 0 Å². The predicted molar refractivity (Wildman–Crippen MR) is 76.8 cm³/mol. The third kappa shape index (κ3) is 4.79. The lowest BCUT2D eigenvalue weighted by Gasteiger charge is -2.31. The Hall–Kier alpha value is -0.570. The number of carbonyl (C=O) groups excluding carboxylic acids is 1. The Labute approximate surface area is 117 Å². The molecule has 0 aromatic carbocycles. The maximum absolute atomic E-state index is 12.1. The lowest BCUT2D eigenvalue weighted by Crippen LogP contribution is -2.39. The van der Waals surface area contributed by atoms with Crippen molar-refractivity contribution in [1.29, 1.82) is 0 Å². The highest BCUT2D eigenvalue weighted by Crippen LogP contribution is 2.28. The van der Waals surface area contributed by atoms with Crippen molar-refractivity contribution in [2.75, 3.05) is 19.7 Å². The molecule has 1 saturated heterocycles. The van der Waals surface area contributed by atoms with Gasteiger partial charge >= 0.3 is 0 Å². The normalized spacial score (nSPS) is 22.7. The van der Waals surface area contributed by atoms with Crippen molar-refractivity contribution in [3.8, 4) is 0 Å². The third-order valence-corrected chi connectivity index (χ3v) is 4.95. The number of nitrogens with zero attached hydrogens (tertiary/aromatic N) is 1. The van der Waals surface area contributed by atoms with E-state index in [-0.39, 0.29) is 6.61 Å². The van der Waals surface area contributed by atoms with Crippen LogP contribution in [0.2, 0.25) is 0 Å². The van der Waals surface area contributed by atoms with Crippen LogP contribution in [0.5, 0.6) is 0 Å². The maximum atomic E-state index is 12.1. The minimum atomic E-state index is 0.281. The van der Waals surface area contributed by atoms with Crippen LogP contribution in [-0.4, -0.2) is 35.6 Å². The molecule has 0 spiro atoms. The molecule has 0 atom stereocenters. The molecular formula is C16H29NO2. The number of hydrogen-bond donors (Lipinski definition) is 1. The van der Waals surface area contributed by atoms with Crippen molar-refractivity contribution in [3.63, 3.8) is 0 Å². The molecule has 0 bridgehead atoms. The van der Waals surface area contributed by atoms with Gasteiger partial charge in [0.05, 0.1) is 0 Å². The fraction of sp³-hybridized carbons (Fsp3) is 0.938. The molecule has 1 aliphatic carbocycles. The molecule has 0 radical (unpaired) electrons. The summed E-state index contributed by atoms with van der Waals surface area (Å²) in [4.78, 5) is 14.1. The van der Waals surface area contributed by atoms with Crippen molar-refractivity contribution in [3.05, 3.63) is 0 Å². The monoisotopic (exact) mass is 267 g/mol. The lowest BCUT2D eigenvalue weighted by molar-refractivity contribution is -0.132. The van der Waals surface area contributed by atoms with Crippen LogP contribution < -0.4 is 0 Å². The van der Waals surface area contributed by atoms with Gasteiger partial charge in [-0.2, -0.15) is 0 Å². The standard InChI is InChI=1S/C16H29NO2/c18-13-15-9-11-17(12-10-15)16(19)8-4-7-14-5-2-1-3-6-14/h14-15,18H,1-13H2. The van der Waals surface area contributed by atoms with E-state index < -0.39 is 0 Å². The molecule has 2 aliphatic rings. The van der Waals surface area contributed by atoms with E-state index in [1.165, 1.54) is 38.5 Å². The third-order valence-electron chi connectivity index (χ3n) is 4.95. The van der Waals surface area contributed by atoms with Gasteiger partial charge in [-0.05, 0) is 37.5 Å². The molecule has 1 aliphatic heterocycles. The molecule has 0 aromatic rings. The molecule has 2 fully saturated rings. The Morgan fingerprint density at radius 2 is 1.68 bits per heavy atom. The lowest BCUT2D eigenvalue weighted by atomic mass is 9.86. The highest BCUT2D eigenvalue weighted by Gasteiger charge is 2.22. The number of piperidine rings is 1. The van der Waals surface area contributed by atoms with Gasteiger partial charge < -0.3 is 10.0 Å². The molecule has 1 saturated carbocycles. The molecule has 3 heteroatoms. The molecule has 19 heavy (non-hydrogen) atoms. The number of aliphatic hydroxyl groups is 1. The second-order valence-corrected chi connectivity index (χ2v) is 6.40. The Balaban J connectivity index is 1.59. The zero-order valence-corrected chi connectivity index (χ0v) is 12.1. The number of likely N-dealkylation sites (tertiary alicyclic amines) is 1. The van der Waals surface area contributed by atoms with Gasteiger partial charge in [0, 0.05) is 26.1 Å². The second-order valence-electron chi connectivity index (χ2n) is 6.40. The summed E-state index contributed by atoms with van der Waals surface area (Å²) in [6.45, 7) is 1.99. The Kier molecular flexibility index (Phi) is 6.15. The van der Waals surface area contributed by atoms with Crippen molar-refractivity contribution < 1.29 is 9.90 Å². The highest BCUT2D eigenvalue weighted by molar-refractivity contribution is 5.76. The summed E-state index contributed by atoms with van der Waals surface area (Å²) in [5.41, 5.74) is 0. The van der Waals surface area contributed by atoms with Gasteiger partial charge in [-0.1, -0.05) is 32.1 Å². The molecule has 110 valence electrons. The van der Waals surface area contributed by atoms with E-state index in [1.807, 2.05) is 4.90 Å². The van der Waals surface area contributed by atoms with Crippen molar-refractivity contribution >= 4 is 5.91 Å². The predicted octanol–water partition coefficient (Wildman–Crippen LogP) is 2.97. The number of aliphatic hydroxyl groups excluding tert-OH is 1. The number of hydrogen-bond acceptors (Lipinski definition) is 2. The number of amides is 1. The van der Waals surface area contributed by atoms with Crippen LogP contribution in [0.3, 0.4) is 0 Å².